The summed E-state index contributed by atoms with van der Waals surface area (Å²) < 4.78 is 16.8. The molecule has 1 heterocycles. The quantitative estimate of drug-likeness (QED) is 0.755. The Bertz CT molecular complexity index is 924. The van der Waals surface area contributed by atoms with Gasteiger partial charge in [-0.05, 0) is 42.5 Å². The van der Waals surface area contributed by atoms with Crippen LogP contribution in [0.25, 0.3) is 0 Å². The summed E-state index contributed by atoms with van der Waals surface area (Å²) in [5, 5.41) is 2.88. The Labute approximate surface area is 151 Å². The Kier molecular flexibility index (Phi) is 4.43. The maximum Gasteiger partial charge on any atom is 0.255 e. The third-order valence-corrected chi connectivity index (χ3v) is 3.88. The normalized spacial score (nSPS) is 12.3. The van der Waals surface area contributed by atoms with Gasteiger partial charge in [0.05, 0.1) is 0 Å². The molecule has 3 aromatic carbocycles. The average Bonchev–Trinajstić information content (AvgIpc) is 2.68. The molecule has 0 saturated heterocycles. The molecule has 0 bridgehead atoms. The fourth-order valence-corrected chi connectivity index (χ4v) is 2.65. The second-order valence-corrected chi connectivity index (χ2v) is 5.76. The van der Waals surface area contributed by atoms with Gasteiger partial charge in [-0.1, -0.05) is 24.3 Å². The number of amides is 1. The Morgan fingerprint density at radius 2 is 1.58 bits per heavy atom. The number of benzene rings is 3. The Hall–Kier alpha value is -3.47. The molecule has 1 N–H and O–H groups in total. The number of hydrogen-bond donors (Lipinski definition) is 1. The Morgan fingerprint density at radius 3 is 2.42 bits per heavy atom. The van der Waals surface area contributed by atoms with E-state index in [2.05, 4.69) is 5.32 Å². The van der Waals surface area contributed by atoms with E-state index in [-0.39, 0.29) is 5.91 Å². The second-order valence-electron chi connectivity index (χ2n) is 5.76. The molecule has 0 fully saturated rings. The van der Waals surface area contributed by atoms with Crippen LogP contribution in [0, 0.1) is 0 Å². The van der Waals surface area contributed by atoms with Crippen LogP contribution in [-0.4, -0.2) is 19.1 Å². The lowest BCUT2D eigenvalue weighted by molar-refractivity contribution is 0.102. The van der Waals surface area contributed by atoms with Crippen LogP contribution in [0.3, 0.4) is 0 Å². The first-order valence-corrected chi connectivity index (χ1v) is 8.32. The van der Waals surface area contributed by atoms with E-state index in [0.29, 0.717) is 41.7 Å². The van der Waals surface area contributed by atoms with Gasteiger partial charge in [0.2, 0.25) is 0 Å². The van der Waals surface area contributed by atoms with Crippen LogP contribution in [0.2, 0.25) is 0 Å². The van der Waals surface area contributed by atoms with Crippen molar-refractivity contribution in [2.24, 2.45) is 0 Å². The standard InChI is InChI=1S/C21H17NO4/c23-21(15-9-10-19-20(13-15)25-12-11-24-19)22-16-5-4-8-18(14-16)26-17-6-2-1-3-7-17/h1-10,13-14H,11-12H2,(H,22,23). The van der Waals surface area contributed by atoms with Crippen LogP contribution in [0.4, 0.5) is 5.69 Å². The highest BCUT2D eigenvalue weighted by molar-refractivity contribution is 6.04. The van der Waals surface area contributed by atoms with Crippen molar-refractivity contribution in [1.82, 2.24) is 0 Å². The molecule has 0 aromatic heterocycles. The van der Waals surface area contributed by atoms with Crippen molar-refractivity contribution >= 4 is 11.6 Å². The highest BCUT2D eigenvalue weighted by Crippen LogP contribution is 2.31. The van der Waals surface area contributed by atoms with E-state index in [1.54, 1.807) is 24.3 Å². The van der Waals surface area contributed by atoms with Crippen molar-refractivity contribution in [2.75, 3.05) is 18.5 Å². The molecule has 1 amide bonds. The summed E-state index contributed by atoms with van der Waals surface area (Å²) in [6, 6.07) is 21.9. The number of hydrogen-bond acceptors (Lipinski definition) is 4. The van der Waals surface area contributed by atoms with Crippen molar-refractivity contribution in [1.29, 1.82) is 0 Å². The highest BCUT2D eigenvalue weighted by Gasteiger charge is 2.15. The van der Waals surface area contributed by atoms with Crippen LogP contribution < -0.4 is 19.5 Å². The van der Waals surface area contributed by atoms with Gasteiger partial charge in [-0.3, -0.25) is 4.79 Å². The summed E-state index contributed by atoms with van der Waals surface area (Å²) in [6.45, 7) is 1.00. The zero-order chi connectivity index (χ0) is 17.8. The molecule has 0 radical (unpaired) electrons. The maximum atomic E-state index is 12.5. The van der Waals surface area contributed by atoms with Crippen LogP contribution >= 0.6 is 0 Å². The monoisotopic (exact) mass is 347 g/mol. The minimum absolute atomic E-state index is 0.223. The van der Waals surface area contributed by atoms with Gasteiger partial charge in [-0.2, -0.15) is 0 Å². The van der Waals surface area contributed by atoms with Gasteiger partial charge in [-0.15, -0.1) is 0 Å². The summed E-state index contributed by atoms with van der Waals surface area (Å²) in [5.41, 5.74) is 1.15. The molecular formula is C21H17NO4. The predicted octanol–water partition coefficient (Wildman–Crippen LogP) is 4.50. The fourth-order valence-electron chi connectivity index (χ4n) is 2.65. The van der Waals surface area contributed by atoms with Gasteiger partial charge < -0.3 is 19.5 Å². The predicted molar refractivity (Wildman–Crippen MR) is 98.3 cm³/mol. The minimum Gasteiger partial charge on any atom is -0.486 e. The molecule has 5 heteroatoms. The van der Waals surface area contributed by atoms with Crippen LogP contribution in [0.15, 0.2) is 72.8 Å². The number of anilines is 1. The van der Waals surface area contributed by atoms with Gasteiger partial charge in [0.25, 0.3) is 5.91 Å². The van der Waals surface area contributed by atoms with E-state index >= 15 is 0 Å². The number of nitrogens with one attached hydrogen (secondary N) is 1. The van der Waals surface area contributed by atoms with Gasteiger partial charge in [-0.25, -0.2) is 0 Å². The summed E-state index contributed by atoms with van der Waals surface area (Å²) >= 11 is 0. The Morgan fingerprint density at radius 1 is 0.808 bits per heavy atom. The van der Waals surface area contributed by atoms with E-state index < -0.39 is 0 Å². The molecule has 0 saturated carbocycles. The number of carbonyl (C=O) groups excluding carboxylic acids is 1. The van der Waals surface area contributed by atoms with Gasteiger partial charge >= 0.3 is 0 Å². The molecule has 1 aliphatic rings. The number of rotatable bonds is 4. The molecule has 0 unspecified atom stereocenters. The van der Waals surface area contributed by atoms with Crippen molar-refractivity contribution in [2.45, 2.75) is 0 Å². The first-order valence-electron chi connectivity index (χ1n) is 8.32. The largest absolute Gasteiger partial charge is 0.486 e. The van der Waals surface area contributed by atoms with Gasteiger partial charge in [0, 0.05) is 17.3 Å². The molecule has 0 aliphatic carbocycles. The van der Waals surface area contributed by atoms with Crippen LogP contribution in [0.1, 0.15) is 10.4 Å². The highest BCUT2D eigenvalue weighted by atomic mass is 16.6. The molecule has 1 aliphatic heterocycles. The zero-order valence-corrected chi connectivity index (χ0v) is 14.0. The maximum absolute atomic E-state index is 12.5. The summed E-state index contributed by atoms with van der Waals surface area (Å²) in [7, 11) is 0. The molecular weight excluding hydrogens is 330 g/mol. The third-order valence-electron chi connectivity index (χ3n) is 3.88. The number of fused-ring (bicyclic) bond motifs is 1. The van der Waals surface area contributed by atoms with Crippen molar-refractivity contribution in [3.05, 3.63) is 78.4 Å². The van der Waals surface area contributed by atoms with Crippen molar-refractivity contribution < 1.29 is 19.0 Å². The summed E-state index contributed by atoms with van der Waals surface area (Å²) in [4.78, 5) is 12.5. The molecule has 130 valence electrons. The molecule has 5 nitrogen and oxygen atoms in total. The van der Waals surface area contributed by atoms with Crippen molar-refractivity contribution in [3.8, 4) is 23.0 Å². The average molecular weight is 347 g/mol. The molecule has 26 heavy (non-hydrogen) atoms. The number of para-hydroxylation sites is 1. The van der Waals surface area contributed by atoms with E-state index in [4.69, 9.17) is 14.2 Å². The smallest absolute Gasteiger partial charge is 0.255 e. The Balaban J connectivity index is 1.48. The van der Waals surface area contributed by atoms with E-state index in [0.717, 1.165) is 5.75 Å². The molecule has 0 atom stereocenters. The van der Waals surface area contributed by atoms with E-state index in [1.165, 1.54) is 0 Å². The van der Waals surface area contributed by atoms with Gasteiger partial charge in [0.15, 0.2) is 11.5 Å². The van der Waals surface area contributed by atoms with Crippen molar-refractivity contribution in [3.63, 3.8) is 0 Å². The summed E-state index contributed by atoms with van der Waals surface area (Å²) in [5.74, 6) is 2.41. The SMILES string of the molecule is O=C(Nc1cccc(Oc2ccccc2)c1)c1ccc2c(c1)OCCO2. The molecule has 0 spiro atoms. The van der Waals surface area contributed by atoms with Crippen LogP contribution in [0.5, 0.6) is 23.0 Å². The lowest BCUT2D eigenvalue weighted by Crippen LogP contribution is -2.17. The number of ether oxygens (including phenoxy) is 3. The summed E-state index contributed by atoms with van der Waals surface area (Å²) in [6.07, 6.45) is 0. The van der Waals surface area contributed by atoms with E-state index in [1.807, 2.05) is 48.5 Å². The van der Waals surface area contributed by atoms with E-state index in [9.17, 15) is 4.79 Å². The topological polar surface area (TPSA) is 56.8 Å². The first-order chi connectivity index (χ1) is 12.8. The van der Waals surface area contributed by atoms with Gasteiger partial charge in [0.1, 0.15) is 24.7 Å². The second kappa shape index (κ2) is 7.19. The van der Waals surface area contributed by atoms with Crippen LogP contribution in [-0.2, 0) is 0 Å². The third kappa shape index (κ3) is 3.62. The minimum atomic E-state index is -0.223. The molecule has 3 aromatic rings. The number of carbonyl (C=O) groups is 1. The lowest BCUT2D eigenvalue weighted by Gasteiger charge is -2.18. The molecule has 4 rings (SSSR count). The first kappa shape index (κ1) is 16.0. The zero-order valence-electron chi connectivity index (χ0n) is 14.0. The fraction of sp³-hybridized carbons (Fsp3) is 0.0952. The lowest BCUT2D eigenvalue weighted by atomic mass is 10.1.